The Bertz CT molecular complexity index is 428. The predicted octanol–water partition coefficient (Wildman–Crippen LogP) is 1.27. The second kappa shape index (κ2) is 3.95. The number of benzene rings is 1. The fraction of sp³-hybridized carbons (Fsp3) is 0.222. The van der Waals surface area contributed by atoms with Gasteiger partial charge in [-0.3, -0.25) is 10.1 Å². The van der Waals surface area contributed by atoms with Crippen LogP contribution < -0.4 is 5.73 Å². The summed E-state index contributed by atoms with van der Waals surface area (Å²) in [5, 5.41) is 10.7. The van der Waals surface area contributed by atoms with Gasteiger partial charge >= 0.3 is 5.97 Å². The minimum atomic E-state index is -0.758. The molecule has 0 aliphatic heterocycles. The van der Waals surface area contributed by atoms with Crippen LogP contribution in [0.25, 0.3) is 0 Å². The number of nitrogen functional groups attached to an aromatic ring is 1. The number of nitrogens with zero attached hydrogens (tertiary/aromatic N) is 1. The van der Waals surface area contributed by atoms with Crippen molar-refractivity contribution in [3.05, 3.63) is 33.4 Å². The highest BCUT2D eigenvalue weighted by molar-refractivity contribution is 5.97. The van der Waals surface area contributed by atoms with Crippen LogP contribution in [0.3, 0.4) is 0 Å². The fourth-order valence-electron chi connectivity index (χ4n) is 1.23. The van der Waals surface area contributed by atoms with E-state index in [9.17, 15) is 14.9 Å². The number of anilines is 1. The number of nitro groups is 1. The van der Waals surface area contributed by atoms with Gasteiger partial charge in [-0.2, -0.15) is 0 Å². The van der Waals surface area contributed by atoms with Crippen LogP contribution in [0.1, 0.15) is 15.9 Å². The van der Waals surface area contributed by atoms with E-state index in [0.29, 0.717) is 11.3 Å². The third-order valence-corrected chi connectivity index (χ3v) is 2.07. The van der Waals surface area contributed by atoms with E-state index < -0.39 is 10.9 Å². The van der Waals surface area contributed by atoms with Gasteiger partial charge in [0.2, 0.25) is 0 Å². The van der Waals surface area contributed by atoms with Crippen molar-refractivity contribution in [2.24, 2.45) is 0 Å². The van der Waals surface area contributed by atoms with Crippen LogP contribution >= 0.6 is 0 Å². The lowest BCUT2D eigenvalue weighted by Crippen LogP contribution is -2.09. The molecule has 6 heteroatoms. The van der Waals surface area contributed by atoms with Crippen LogP contribution in [0.15, 0.2) is 12.1 Å². The summed E-state index contributed by atoms with van der Waals surface area (Å²) in [6.07, 6.45) is 0. The van der Waals surface area contributed by atoms with Gasteiger partial charge in [0.25, 0.3) is 5.69 Å². The van der Waals surface area contributed by atoms with Gasteiger partial charge in [-0.1, -0.05) is 0 Å². The van der Waals surface area contributed by atoms with Gasteiger partial charge in [0.15, 0.2) is 0 Å². The van der Waals surface area contributed by atoms with Crippen molar-refractivity contribution < 1.29 is 14.5 Å². The summed E-state index contributed by atoms with van der Waals surface area (Å²) in [4.78, 5) is 21.4. The summed E-state index contributed by atoms with van der Waals surface area (Å²) in [6, 6.07) is 2.58. The van der Waals surface area contributed by atoms with Crippen LogP contribution in [0.2, 0.25) is 0 Å². The minimum Gasteiger partial charge on any atom is -0.465 e. The monoisotopic (exact) mass is 210 g/mol. The molecule has 15 heavy (non-hydrogen) atoms. The molecule has 0 aliphatic rings. The zero-order valence-electron chi connectivity index (χ0n) is 8.31. The highest BCUT2D eigenvalue weighted by atomic mass is 16.6. The first kappa shape index (κ1) is 11.0. The van der Waals surface area contributed by atoms with Crippen molar-refractivity contribution in [3.8, 4) is 0 Å². The van der Waals surface area contributed by atoms with Crippen molar-refractivity contribution in [2.75, 3.05) is 12.8 Å². The van der Waals surface area contributed by atoms with Gasteiger partial charge in [-0.15, -0.1) is 0 Å². The Labute approximate surface area is 85.8 Å². The molecule has 0 atom stereocenters. The number of esters is 1. The smallest absolute Gasteiger partial charge is 0.345 e. The zero-order valence-corrected chi connectivity index (χ0v) is 8.31. The molecule has 0 saturated heterocycles. The van der Waals surface area contributed by atoms with Crippen LogP contribution in [0.4, 0.5) is 11.4 Å². The molecular weight excluding hydrogens is 200 g/mol. The summed E-state index contributed by atoms with van der Waals surface area (Å²) in [5.41, 5.74) is 5.84. The van der Waals surface area contributed by atoms with Crippen LogP contribution in [0.5, 0.6) is 0 Å². The van der Waals surface area contributed by atoms with E-state index in [1.165, 1.54) is 19.1 Å². The Balaban J connectivity index is 3.48. The second-order valence-corrected chi connectivity index (χ2v) is 2.92. The van der Waals surface area contributed by atoms with Gasteiger partial charge in [0.05, 0.1) is 12.0 Å². The first-order valence-corrected chi connectivity index (χ1v) is 4.10. The molecule has 0 aromatic heterocycles. The molecule has 6 nitrogen and oxygen atoms in total. The normalized spacial score (nSPS) is 9.73. The number of carbonyl (C=O) groups excluding carboxylic acids is 1. The van der Waals surface area contributed by atoms with Crippen molar-refractivity contribution in [2.45, 2.75) is 6.92 Å². The molecule has 0 unspecified atom stereocenters. The summed E-state index contributed by atoms with van der Waals surface area (Å²) in [7, 11) is 1.16. The highest BCUT2D eigenvalue weighted by Gasteiger charge is 2.24. The van der Waals surface area contributed by atoms with Gasteiger partial charge in [0, 0.05) is 11.8 Å². The number of ether oxygens (including phenoxy) is 1. The fourth-order valence-corrected chi connectivity index (χ4v) is 1.23. The SMILES string of the molecule is COC(=O)c1c([N+](=O)[O-])ccc(N)c1C. The van der Waals surface area contributed by atoms with E-state index in [0.717, 1.165) is 7.11 Å². The first-order chi connectivity index (χ1) is 6.99. The molecule has 80 valence electrons. The lowest BCUT2D eigenvalue weighted by Gasteiger charge is -2.06. The predicted molar refractivity (Wildman–Crippen MR) is 53.6 cm³/mol. The molecule has 1 aromatic rings. The zero-order chi connectivity index (χ0) is 11.6. The van der Waals surface area contributed by atoms with E-state index in [2.05, 4.69) is 4.74 Å². The molecule has 0 spiro atoms. The maximum Gasteiger partial charge on any atom is 0.345 e. The first-order valence-electron chi connectivity index (χ1n) is 4.10. The second-order valence-electron chi connectivity index (χ2n) is 2.92. The third kappa shape index (κ3) is 1.88. The highest BCUT2D eigenvalue weighted by Crippen LogP contribution is 2.26. The van der Waals surface area contributed by atoms with Crippen LogP contribution in [-0.2, 0) is 4.74 Å². The van der Waals surface area contributed by atoms with Gasteiger partial charge < -0.3 is 10.5 Å². The Kier molecular flexibility index (Phi) is 2.89. The number of methoxy groups -OCH3 is 1. The molecule has 0 radical (unpaired) electrons. The van der Waals surface area contributed by atoms with E-state index >= 15 is 0 Å². The van der Waals surface area contributed by atoms with Gasteiger partial charge in [-0.05, 0) is 18.6 Å². The van der Waals surface area contributed by atoms with Crippen LogP contribution in [0, 0.1) is 17.0 Å². The molecule has 0 fully saturated rings. The Morgan fingerprint density at radius 1 is 1.53 bits per heavy atom. The standard InChI is InChI=1S/C9H10N2O4/c1-5-6(10)3-4-7(11(13)14)8(5)9(12)15-2/h3-4H,10H2,1-2H3. The average Bonchev–Trinajstić information content (AvgIpc) is 2.20. The van der Waals surface area contributed by atoms with Crippen molar-refractivity contribution >= 4 is 17.3 Å². The lowest BCUT2D eigenvalue weighted by molar-refractivity contribution is -0.385. The topological polar surface area (TPSA) is 95.5 Å². The van der Waals surface area contributed by atoms with Gasteiger partial charge in [0.1, 0.15) is 5.56 Å². The number of hydrogen-bond acceptors (Lipinski definition) is 5. The summed E-state index contributed by atoms with van der Waals surface area (Å²) < 4.78 is 4.46. The minimum absolute atomic E-state index is 0.0949. The maximum absolute atomic E-state index is 11.3. The van der Waals surface area contributed by atoms with Gasteiger partial charge in [-0.25, -0.2) is 4.79 Å². The molecule has 0 heterocycles. The maximum atomic E-state index is 11.3. The molecule has 0 amide bonds. The molecule has 0 bridgehead atoms. The molecule has 0 saturated carbocycles. The molecular formula is C9H10N2O4. The van der Waals surface area contributed by atoms with Crippen molar-refractivity contribution in [1.82, 2.24) is 0 Å². The number of rotatable bonds is 2. The van der Waals surface area contributed by atoms with E-state index in [1.807, 2.05) is 0 Å². The van der Waals surface area contributed by atoms with E-state index in [1.54, 1.807) is 0 Å². The molecule has 1 aromatic carbocycles. The summed E-state index contributed by atoms with van der Waals surface area (Å²) >= 11 is 0. The summed E-state index contributed by atoms with van der Waals surface area (Å²) in [6.45, 7) is 1.54. The Hall–Kier alpha value is -2.11. The molecule has 2 N–H and O–H groups in total. The van der Waals surface area contributed by atoms with Crippen LogP contribution in [-0.4, -0.2) is 18.0 Å². The summed E-state index contributed by atoms with van der Waals surface area (Å²) in [5.74, 6) is -0.758. The average molecular weight is 210 g/mol. The number of hydrogen-bond donors (Lipinski definition) is 1. The Morgan fingerprint density at radius 3 is 2.60 bits per heavy atom. The van der Waals surface area contributed by atoms with Crippen molar-refractivity contribution in [3.63, 3.8) is 0 Å². The van der Waals surface area contributed by atoms with E-state index in [4.69, 9.17) is 5.73 Å². The van der Waals surface area contributed by atoms with Crippen molar-refractivity contribution in [1.29, 1.82) is 0 Å². The lowest BCUT2D eigenvalue weighted by atomic mass is 10.0. The van der Waals surface area contributed by atoms with E-state index in [-0.39, 0.29) is 11.3 Å². The quantitative estimate of drug-likeness (QED) is 0.343. The number of carbonyl (C=O) groups is 1. The third-order valence-electron chi connectivity index (χ3n) is 2.07. The number of nitrogens with two attached hydrogens (primary N) is 1. The number of nitro benzene ring substituents is 1. The largest absolute Gasteiger partial charge is 0.465 e. The Morgan fingerprint density at radius 2 is 2.13 bits per heavy atom. The molecule has 1 rings (SSSR count). The molecule has 0 aliphatic carbocycles.